The van der Waals surface area contributed by atoms with Gasteiger partial charge in [0.1, 0.15) is 0 Å². The van der Waals surface area contributed by atoms with Crippen LogP contribution in [-0.2, 0) is 6.54 Å². The number of hydrogen-bond acceptors (Lipinski definition) is 3. The number of hydrogen-bond donors (Lipinski definition) is 1. The van der Waals surface area contributed by atoms with Gasteiger partial charge >= 0.3 is 5.97 Å². The van der Waals surface area contributed by atoms with Crippen LogP contribution in [0.25, 0.3) is 0 Å². The maximum absolute atomic E-state index is 10.8. The summed E-state index contributed by atoms with van der Waals surface area (Å²) < 4.78 is 0. The summed E-state index contributed by atoms with van der Waals surface area (Å²) in [7, 11) is 0. The zero-order valence-corrected chi connectivity index (χ0v) is 11.4. The third-order valence-electron chi connectivity index (χ3n) is 3.13. The summed E-state index contributed by atoms with van der Waals surface area (Å²) >= 11 is 2.03. The number of aromatic carboxylic acids is 1. The third-order valence-corrected chi connectivity index (χ3v) is 4.41. The van der Waals surface area contributed by atoms with E-state index in [1.807, 2.05) is 23.9 Å². The molecule has 0 amide bonds. The highest BCUT2D eigenvalue weighted by Crippen LogP contribution is 2.17. The highest BCUT2D eigenvalue weighted by atomic mass is 32.2. The summed E-state index contributed by atoms with van der Waals surface area (Å²) in [6.45, 7) is 5.47. The third kappa shape index (κ3) is 3.75. The van der Waals surface area contributed by atoms with E-state index in [-0.39, 0.29) is 0 Å². The number of rotatable bonds is 3. The molecule has 1 fully saturated rings. The molecule has 0 aromatic heterocycles. The summed E-state index contributed by atoms with van der Waals surface area (Å²) in [6.07, 6.45) is 0. The average Bonchev–Trinajstić information content (AvgIpc) is 2.54. The summed E-state index contributed by atoms with van der Waals surface area (Å²) in [6, 6.07) is 7.22. The van der Waals surface area contributed by atoms with Gasteiger partial charge in [-0.15, -0.1) is 0 Å². The molecule has 0 radical (unpaired) electrons. The Hall–Kier alpha value is -1.00. The zero-order valence-electron chi connectivity index (χ0n) is 10.6. The van der Waals surface area contributed by atoms with Crippen LogP contribution in [0.5, 0.6) is 0 Å². The molecule has 1 aliphatic rings. The molecule has 0 aliphatic carbocycles. The van der Waals surface area contributed by atoms with Gasteiger partial charge < -0.3 is 5.11 Å². The minimum atomic E-state index is -0.860. The fourth-order valence-corrected chi connectivity index (χ4v) is 3.28. The van der Waals surface area contributed by atoms with Crippen molar-refractivity contribution in [2.45, 2.75) is 13.5 Å². The maximum Gasteiger partial charge on any atom is 0.335 e. The van der Waals surface area contributed by atoms with E-state index in [9.17, 15) is 4.79 Å². The molecule has 0 saturated carbocycles. The van der Waals surface area contributed by atoms with Crippen LogP contribution in [0.15, 0.2) is 24.3 Å². The smallest absolute Gasteiger partial charge is 0.335 e. The molecule has 0 bridgehead atoms. The number of carbonyl (C=O) groups is 1. The monoisotopic (exact) mass is 265 g/mol. The summed E-state index contributed by atoms with van der Waals surface area (Å²) in [5, 5.41) is 8.86. The first kappa shape index (κ1) is 13.4. The largest absolute Gasteiger partial charge is 0.478 e. The van der Waals surface area contributed by atoms with Gasteiger partial charge in [0.15, 0.2) is 0 Å². The van der Waals surface area contributed by atoms with Gasteiger partial charge in [0.2, 0.25) is 0 Å². The van der Waals surface area contributed by atoms with Crippen molar-refractivity contribution in [2.75, 3.05) is 24.6 Å². The van der Waals surface area contributed by atoms with E-state index < -0.39 is 5.97 Å². The Labute approximate surface area is 112 Å². The quantitative estimate of drug-likeness (QED) is 0.912. The molecule has 1 aromatic rings. The Morgan fingerprint density at radius 1 is 1.44 bits per heavy atom. The molecule has 1 atom stereocenters. The fourth-order valence-electron chi connectivity index (χ4n) is 2.22. The number of carboxylic acid groups (broad SMARTS) is 1. The van der Waals surface area contributed by atoms with E-state index in [4.69, 9.17) is 5.11 Å². The maximum atomic E-state index is 10.8. The molecule has 1 aliphatic heterocycles. The van der Waals surface area contributed by atoms with Crippen molar-refractivity contribution < 1.29 is 9.90 Å². The first-order valence-electron chi connectivity index (χ1n) is 6.27. The van der Waals surface area contributed by atoms with E-state index in [1.165, 1.54) is 17.1 Å². The van der Waals surface area contributed by atoms with Gasteiger partial charge in [0.05, 0.1) is 5.56 Å². The number of carboxylic acids is 1. The van der Waals surface area contributed by atoms with Crippen LogP contribution in [0.2, 0.25) is 0 Å². The SMILES string of the molecule is CC1CSCCN(Cc2ccc(C(=O)O)cc2)C1. The van der Waals surface area contributed by atoms with Gasteiger partial charge in [-0.2, -0.15) is 11.8 Å². The van der Waals surface area contributed by atoms with Crippen molar-refractivity contribution in [3.63, 3.8) is 0 Å². The Morgan fingerprint density at radius 3 is 2.83 bits per heavy atom. The molecule has 1 heterocycles. The van der Waals surface area contributed by atoms with Crippen LogP contribution in [0, 0.1) is 5.92 Å². The fraction of sp³-hybridized carbons (Fsp3) is 0.500. The van der Waals surface area contributed by atoms with Gasteiger partial charge in [-0.1, -0.05) is 19.1 Å². The van der Waals surface area contributed by atoms with Gasteiger partial charge in [-0.05, 0) is 29.4 Å². The highest BCUT2D eigenvalue weighted by Gasteiger charge is 2.15. The number of nitrogens with zero attached hydrogens (tertiary/aromatic N) is 1. The standard InChI is InChI=1S/C14H19NO2S/c1-11-8-15(6-7-18-10-11)9-12-2-4-13(5-3-12)14(16)17/h2-5,11H,6-10H2,1H3,(H,16,17). The Morgan fingerprint density at radius 2 is 2.17 bits per heavy atom. The molecular formula is C14H19NO2S. The van der Waals surface area contributed by atoms with Gasteiger partial charge in [-0.3, -0.25) is 4.90 Å². The molecule has 1 unspecified atom stereocenters. The highest BCUT2D eigenvalue weighted by molar-refractivity contribution is 7.99. The Kier molecular flexibility index (Phi) is 4.66. The predicted molar refractivity (Wildman–Crippen MR) is 75.2 cm³/mol. The van der Waals surface area contributed by atoms with Crippen molar-refractivity contribution in [3.8, 4) is 0 Å². The molecule has 98 valence electrons. The summed E-state index contributed by atoms with van der Waals surface area (Å²) in [4.78, 5) is 13.2. The lowest BCUT2D eigenvalue weighted by molar-refractivity contribution is 0.0697. The predicted octanol–water partition coefficient (Wildman–Crippen LogP) is 2.57. The molecule has 2 rings (SSSR count). The molecule has 1 N–H and O–H groups in total. The molecule has 18 heavy (non-hydrogen) atoms. The van der Waals surface area contributed by atoms with Crippen LogP contribution in [0.4, 0.5) is 0 Å². The van der Waals surface area contributed by atoms with E-state index >= 15 is 0 Å². The topological polar surface area (TPSA) is 40.5 Å². The lowest BCUT2D eigenvalue weighted by Crippen LogP contribution is -2.28. The molecule has 3 nitrogen and oxygen atoms in total. The van der Waals surface area contributed by atoms with Gasteiger partial charge in [0, 0.05) is 25.4 Å². The van der Waals surface area contributed by atoms with Crippen LogP contribution >= 0.6 is 11.8 Å². The van der Waals surface area contributed by atoms with E-state index in [1.54, 1.807) is 12.1 Å². The molecule has 4 heteroatoms. The lowest BCUT2D eigenvalue weighted by Gasteiger charge is -2.22. The Balaban J connectivity index is 1.97. The summed E-state index contributed by atoms with van der Waals surface area (Å²) in [5.41, 5.74) is 1.55. The lowest BCUT2D eigenvalue weighted by atomic mass is 10.1. The van der Waals surface area contributed by atoms with Crippen molar-refractivity contribution in [1.29, 1.82) is 0 Å². The zero-order chi connectivity index (χ0) is 13.0. The van der Waals surface area contributed by atoms with E-state index in [0.717, 1.165) is 25.6 Å². The average molecular weight is 265 g/mol. The molecule has 1 aromatic carbocycles. The second-order valence-corrected chi connectivity index (χ2v) is 6.07. The van der Waals surface area contributed by atoms with E-state index in [2.05, 4.69) is 11.8 Å². The van der Waals surface area contributed by atoms with Crippen molar-refractivity contribution in [3.05, 3.63) is 35.4 Å². The molecule has 1 saturated heterocycles. The number of thioether (sulfide) groups is 1. The van der Waals surface area contributed by atoms with Crippen molar-refractivity contribution in [2.24, 2.45) is 5.92 Å². The first-order chi connectivity index (χ1) is 8.65. The minimum absolute atomic E-state index is 0.360. The van der Waals surface area contributed by atoms with Crippen molar-refractivity contribution in [1.82, 2.24) is 4.90 Å². The normalized spacial score (nSPS) is 21.5. The van der Waals surface area contributed by atoms with Crippen LogP contribution in [0.3, 0.4) is 0 Å². The Bertz CT molecular complexity index is 405. The van der Waals surface area contributed by atoms with Crippen LogP contribution < -0.4 is 0 Å². The van der Waals surface area contributed by atoms with E-state index in [0.29, 0.717) is 5.56 Å². The molecular weight excluding hydrogens is 246 g/mol. The van der Waals surface area contributed by atoms with Crippen LogP contribution in [-0.4, -0.2) is 40.6 Å². The van der Waals surface area contributed by atoms with Gasteiger partial charge in [-0.25, -0.2) is 4.79 Å². The first-order valence-corrected chi connectivity index (χ1v) is 7.43. The second kappa shape index (κ2) is 6.25. The van der Waals surface area contributed by atoms with Crippen molar-refractivity contribution >= 4 is 17.7 Å². The summed E-state index contributed by atoms with van der Waals surface area (Å²) in [5.74, 6) is 2.31. The van der Waals surface area contributed by atoms with Crippen LogP contribution in [0.1, 0.15) is 22.8 Å². The minimum Gasteiger partial charge on any atom is -0.478 e. The number of benzene rings is 1. The second-order valence-electron chi connectivity index (χ2n) is 4.92. The molecule has 0 spiro atoms. The van der Waals surface area contributed by atoms with Gasteiger partial charge in [0.25, 0.3) is 0 Å².